The lowest BCUT2D eigenvalue weighted by Crippen LogP contribution is -2.30. The zero-order chi connectivity index (χ0) is 14.0. The second kappa shape index (κ2) is 6.32. The molecule has 2 heteroatoms. The lowest BCUT2D eigenvalue weighted by atomic mass is 9.96. The summed E-state index contributed by atoms with van der Waals surface area (Å²) in [6.07, 6.45) is 6.27. The fraction of sp³-hybridized carbons (Fsp3) is 0.647. The van der Waals surface area contributed by atoms with Gasteiger partial charge in [-0.25, -0.2) is 0 Å². The van der Waals surface area contributed by atoms with Gasteiger partial charge in [-0.3, -0.25) is 0 Å². The lowest BCUT2D eigenvalue weighted by molar-refractivity contribution is 0.461. The Balaban J connectivity index is 2.04. The SMILES string of the molecule is CSC1CCC(NC(C)c2cc(C)c(C)cc2C)C1. The van der Waals surface area contributed by atoms with E-state index in [1.165, 1.54) is 41.5 Å². The van der Waals surface area contributed by atoms with Gasteiger partial charge in [0.25, 0.3) is 0 Å². The average molecular weight is 277 g/mol. The van der Waals surface area contributed by atoms with Crippen molar-refractivity contribution in [2.75, 3.05) is 6.26 Å². The fourth-order valence-corrected chi connectivity index (χ4v) is 3.99. The Hall–Kier alpha value is -0.470. The molecule has 1 saturated carbocycles. The molecule has 1 aromatic rings. The van der Waals surface area contributed by atoms with E-state index in [-0.39, 0.29) is 0 Å². The van der Waals surface area contributed by atoms with Gasteiger partial charge in [-0.1, -0.05) is 12.1 Å². The van der Waals surface area contributed by atoms with Crippen LogP contribution < -0.4 is 5.32 Å². The summed E-state index contributed by atoms with van der Waals surface area (Å²) in [6.45, 7) is 8.96. The summed E-state index contributed by atoms with van der Waals surface area (Å²) in [7, 11) is 0. The van der Waals surface area contributed by atoms with Crippen LogP contribution in [0.4, 0.5) is 0 Å². The largest absolute Gasteiger partial charge is 0.307 e. The molecule has 0 saturated heterocycles. The molecule has 1 nitrogen and oxygen atoms in total. The smallest absolute Gasteiger partial charge is 0.0297 e. The van der Waals surface area contributed by atoms with Gasteiger partial charge in [-0.05, 0) is 75.5 Å². The highest BCUT2D eigenvalue weighted by molar-refractivity contribution is 7.99. The Labute approximate surface area is 122 Å². The number of aryl methyl sites for hydroxylation is 3. The van der Waals surface area contributed by atoms with Gasteiger partial charge >= 0.3 is 0 Å². The van der Waals surface area contributed by atoms with Crippen molar-refractivity contribution in [3.05, 3.63) is 34.4 Å². The summed E-state index contributed by atoms with van der Waals surface area (Å²) >= 11 is 2.03. The van der Waals surface area contributed by atoms with E-state index in [0.29, 0.717) is 12.1 Å². The molecule has 0 aliphatic heterocycles. The van der Waals surface area contributed by atoms with Gasteiger partial charge < -0.3 is 5.32 Å². The van der Waals surface area contributed by atoms with Crippen molar-refractivity contribution in [1.82, 2.24) is 5.32 Å². The molecule has 3 atom stereocenters. The quantitative estimate of drug-likeness (QED) is 0.866. The summed E-state index contributed by atoms with van der Waals surface area (Å²) in [4.78, 5) is 0. The van der Waals surface area contributed by atoms with Gasteiger partial charge in [0.05, 0.1) is 0 Å². The molecule has 1 fully saturated rings. The third kappa shape index (κ3) is 3.55. The molecule has 1 aliphatic rings. The molecule has 2 rings (SSSR count). The average Bonchev–Trinajstić information content (AvgIpc) is 2.81. The third-order valence-electron chi connectivity index (χ3n) is 4.55. The van der Waals surface area contributed by atoms with Crippen molar-refractivity contribution in [3.63, 3.8) is 0 Å². The van der Waals surface area contributed by atoms with E-state index >= 15 is 0 Å². The summed E-state index contributed by atoms with van der Waals surface area (Å²) in [6, 6.07) is 5.85. The van der Waals surface area contributed by atoms with Crippen LogP contribution in [0.1, 0.15) is 54.5 Å². The summed E-state index contributed by atoms with van der Waals surface area (Å²) in [5, 5.41) is 4.70. The molecule has 1 N–H and O–H groups in total. The van der Waals surface area contributed by atoms with Crippen molar-refractivity contribution in [2.24, 2.45) is 0 Å². The Kier molecular flexibility index (Phi) is 4.97. The summed E-state index contributed by atoms with van der Waals surface area (Å²) in [5.74, 6) is 0. The molecular weight excluding hydrogens is 250 g/mol. The van der Waals surface area contributed by atoms with E-state index in [1.54, 1.807) is 0 Å². The Bertz CT molecular complexity index is 441. The summed E-state index contributed by atoms with van der Waals surface area (Å²) in [5.41, 5.74) is 5.69. The van der Waals surface area contributed by atoms with Gasteiger partial charge in [0.2, 0.25) is 0 Å². The molecule has 0 heterocycles. The van der Waals surface area contributed by atoms with Crippen LogP contribution in [0.25, 0.3) is 0 Å². The molecule has 106 valence electrons. The van der Waals surface area contributed by atoms with Crippen LogP contribution >= 0.6 is 11.8 Å². The van der Waals surface area contributed by atoms with Gasteiger partial charge in [0.1, 0.15) is 0 Å². The van der Waals surface area contributed by atoms with Gasteiger partial charge in [-0.15, -0.1) is 0 Å². The van der Waals surface area contributed by atoms with Crippen molar-refractivity contribution in [1.29, 1.82) is 0 Å². The van der Waals surface area contributed by atoms with E-state index in [9.17, 15) is 0 Å². The molecule has 0 spiro atoms. The first-order valence-electron chi connectivity index (χ1n) is 7.38. The van der Waals surface area contributed by atoms with E-state index in [4.69, 9.17) is 0 Å². The number of hydrogen-bond acceptors (Lipinski definition) is 2. The molecule has 0 amide bonds. The Morgan fingerprint density at radius 1 is 1.11 bits per heavy atom. The van der Waals surface area contributed by atoms with Gasteiger partial charge in [0, 0.05) is 17.3 Å². The van der Waals surface area contributed by atoms with Crippen molar-refractivity contribution in [3.8, 4) is 0 Å². The van der Waals surface area contributed by atoms with E-state index < -0.39 is 0 Å². The lowest BCUT2D eigenvalue weighted by Gasteiger charge is -2.22. The van der Waals surface area contributed by atoms with Gasteiger partial charge in [-0.2, -0.15) is 11.8 Å². The molecule has 1 aromatic carbocycles. The van der Waals surface area contributed by atoms with E-state index in [0.717, 1.165) is 5.25 Å². The zero-order valence-corrected chi connectivity index (χ0v) is 13.7. The Morgan fingerprint density at radius 2 is 1.79 bits per heavy atom. The highest BCUT2D eigenvalue weighted by atomic mass is 32.2. The van der Waals surface area contributed by atoms with E-state index in [1.807, 2.05) is 11.8 Å². The predicted octanol–water partition coefficient (Wildman–Crippen LogP) is 4.55. The molecule has 0 aromatic heterocycles. The van der Waals surface area contributed by atoms with Crippen LogP contribution in [0.5, 0.6) is 0 Å². The normalized spacial score (nSPS) is 24.7. The van der Waals surface area contributed by atoms with Crippen LogP contribution in [-0.4, -0.2) is 17.5 Å². The monoisotopic (exact) mass is 277 g/mol. The van der Waals surface area contributed by atoms with Crippen LogP contribution in [0, 0.1) is 20.8 Å². The first-order chi connectivity index (χ1) is 9.01. The molecular formula is C17H27NS. The Morgan fingerprint density at radius 3 is 2.42 bits per heavy atom. The summed E-state index contributed by atoms with van der Waals surface area (Å²) < 4.78 is 0. The second-order valence-corrected chi connectivity index (χ2v) is 7.19. The molecule has 3 unspecified atom stereocenters. The number of benzene rings is 1. The first kappa shape index (κ1) is 14.9. The maximum Gasteiger partial charge on any atom is 0.0297 e. The van der Waals surface area contributed by atoms with Crippen molar-refractivity contribution < 1.29 is 0 Å². The number of hydrogen-bond donors (Lipinski definition) is 1. The van der Waals surface area contributed by atoms with Gasteiger partial charge in [0.15, 0.2) is 0 Å². The van der Waals surface area contributed by atoms with Crippen molar-refractivity contribution in [2.45, 2.75) is 64.3 Å². The minimum atomic E-state index is 0.463. The number of thioether (sulfide) groups is 1. The van der Waals surface area contributed by atoms with Crippen LogP contribution in [0.15, 0.2) is 12.1 Å². The molecule has 19 heavy (non-hydrogen) atoms. The highest BCUT2D eigenvalue weighted by Gasteiger charge is 2.25. The number of nitrogens with one attached hydrogen (secondary N) is 1. The highest BCUT2D eigenvalue weighted by Crippen LogP contribution is 2.30. The zero-order valence-electron chi connectivity index (χ0n) is 12.9. The van der Waals surface area contributed by atoms with Crippen LogP contribution in [-0.2, 0) is 0 Å². The molecule has 1 aliphatic carbocycles. The second-order valence-electron chi connectivity index (χ2n) is 6.05. The third-order valence-corrected chi connectivity index (χ3v) is 5.65. The molecule has 0 radical (unpaired) electrons. The maximum atomic E-state index is 3.83. The fourth-order valence-electron chi connectivity index (χ4n) is 3.20. The van der Waals surface area contributed by atoms with Crippen molar-refractivity contribution >= 4 is 11.8 Å². The minimum Gasteiger partial charge on any atom is -0.307 e. The van der Waals surface area contributed by atoms with Crippen LogP contribution in [0.3, 0.4) is 0 Å². The predicted molar refractivity (Wildman–Crippen MR) is 87.1 cm³/mol. The van der Waals surface area contributed by atoms with E-state index in [2.05, 4.69) is 51.4 Å². The standard InChI is InChI=1S/C17H27NS/c1-11-8-13(3)17(9-12(11)2)14(4)18-15-6-7-16(10-15)19-5/h8-9,14-16,18H,6-7,10H2,1-5H3. The first-order valence-corrected chi connectivity index (χ1v) is 8.66. The topological polar surface area (TPSA) is 12.0 Å². The minimum absolute atomic E-state index is 0.463. The maximum absolute atomic E-state index is 3.83. The molecule has 0 bridgehead atoms. The van der Waals surface area contributed by atoms with Crippen LogP contribution in [0.2, 0.25) is 0 Å². The number of rotatable bonds is 4.